The standard InChI is InChI=1S/C22H26N2O4/c1-14-6-4-5-7-18(14)17-10-15(2)24(12-17)22(26)16-8-9-19(20(11-16)27-3)28-13-21(23)25/h4-9,11,15,17H,10,12-13H2,1-3H3,(H2,23,25). The summed E-state index contributed by atoms with van der Waals surface area (Å²) in [5.41, 5.74) is 8.20. The number of ether oxygens (including phenoxy) is 2. The highest BCUT2D eigenvalue weighted by atomic mass is 16.5. The number of nitrogens with two attached hydrogens (primary N) is 1. The van der Waals surface area contributed by atoms with E-state index < -0.39 is 5.91 Å². The zero-order chi connectivity index (χ0) is 20.3. The molecule has 2 aromatic rings. The molecule has 1 heterocycles. The number of carbonyl (C=O) groups excluding carboxylic acids is 2. The maximum atomic E-state index is 13.1. The predicted molar refractivity (Wildman–Crippen MR) is 107 cm³/mol. The van der Waals surface area contributed by atoms with E-state index in [-0.39, 0.29) is 18.6 Å². The van der Waals surface area contributed by atoms with Gasteiger partial charge >= 0.3 is 0 Å². The average Bonchev–Trinajstić information content (AvgIpc) is 3.07. The second kappa shape index (κ2) is 8.33. The Balaban J connectivity index is 1.78. The summed E-state index contributed by atoms with van der Waals surface area (Å²) in [6.07, 6.45) is 0.938. The summed E-state index contributed by atoms with van der Waals surface area (Å²) in [7, 11) is 1.49. The summed E-state index contributed by atoms with van der Waals surface area (Å²) in [4.78, 5) is 26.0. The van der Waals surface area contributed by atoms with Gasteiger partial charge in [-0.15, -0.1) is 0 Å². The monoisotopic (exact) mass is 382 g/mol. The number of primary amides is 1. The van der Waals surface area contributed by atoms with Crippen LogP contribution in [0, 0.1) is 6.92 Å². The van der Waals surface area contributed by atoms with E-state index in [2.05, 4.69) is 26.0 Å². The van der Waals surface area contributed by atoms with E-state index in [0.29, 0.717) is 29.5 Å². The minimum Gasteiger partial charge on any atom is -0.493 e. The molecule has 1 fully saturated rings. The third-order valence-corrected chi connectivity index (χ3v) is 5.24. The summed E-state index contributed by atoms with van der Waals surface area (Å²) >= 11 is 0. The highest BCUT2D eigenvalue weighted by molar-refractivity contribution is 5.95. The lowest BCUT2D eigenvalue weighted by molar-refractivity contribution is -0.119. The number of hydrogen-bond acceptors (Lipinski definition) is 4. The zero-order valence-corrected chi connectivity index (χ0v) is 16.5. The Morgan fingerprint density at radius 2 is 1.93 bits per heavy atom. The van der Waals surface area contributed by atoms with E-state index in [4.69, 9.17) is 15.2 Å². The van der Waals surface area contributed by atoms with Crippen LogP contribution in [0.25, 0.3) is 0 Å². The first kappa shape index (κ1) is 19.7. The molecule has 2 unspecified atom stereocenters. The van der Waals surface area contributed by atoms with Gasteiger partial charge in [0.05, 0.1) is 7.11 Å². The molecule has 2 aromatic carbocycles. The van der Waals surface area contributed by atoms with Gasteiger partial charge in [-0.1, -0.05) is 24.3 Å². The third kappa shape index (κ3) is 4.11. The Labute approximate surface area is 165 Å². The van der Waals surface area contributed by atoms with Crippen LogP contribution in [0.5, 0.6) is 11.5 Å². The van der Waals surface area contributed by atoms with Gasteiger partial charge in [-0.05, 0) is 49.6 Å². The van der Waals surface area contributed by atoms with Crippen molar-refractivity contribution in [3.8, 4) is 11.5 Å². The van der Waals surface area contributed by atoms with Gasteiger partial charge in [0.15, 0.2) is 18.1 Å². The van der Waals surface area contributed by atoms with Gasteiger partial charge in [-0.3, -0.25) is 9.59 Å². The van der Waals surface area contributed by atoms with E-state index in [9.17, 15) is 9.59 Å². The second-order valence-electron chi connectivity index (χ2n) is 7.22. The van der Waals surface area contributed by atoms with Gasteiger partial charge < -0.3 is 20.1 Å². The van der Waals surface area contributed by atoms with Gasteiger partial charge in [0.25, 0.3) is 11.8 Å². The fourth-order valence-electron chi connectivity index (χ4n) is 3.82. The Morgan fingerprint density at radius 1 is 1.18 bits per heavy atom. The SMILES string of the molecule is COc1cc(C(=O)N2CC(c3ccccc3C)CC2C)ccc1OCC(N)=O. The first-order chi connectivity index (χ1) is 13.4. The minimum atomic E-state index is -0.574. The third-order valence-electron chi connectivity index (χ3n) is 5.24. The number of aryl methyl sites for hydroxylation is 1. The summed E-state index contributed by atoms with van der Waals surface area (Å²) < 4.78 is 10.7. The van der Waals surface area contributed by atoms with Crippen LogP contribution in [-0.2, 0) is 4.79 Å². The first-order valence-electron chi connectivity index (χ1n) is 9.36. The van der Waals surface area contributed by atoms with Crippen LogP contribution >= 0.6 is 0 Å². The lowest BCUT2D eigenvalue weighted by Gasteiger charge is -2.22. The van der Waals surface area contributed by atoms with Crippen molar-refractivity contribution in [1.82, 2.24) is 4.90 Å². The number of likely N-dealkylation sites (tertiary alicyclic amines) is 1. The molecule has 2 amide bonds. The molecule has 1 saturated heterocycles. The van der Waals surface area contributed by atoms with Crippen LogP contribution in [0.2, 0.25) is 0 Å². The average molecular weight is 382 g/mol. The molecule has 6 heteroatoms. The van der Waals surface area contributed by atoms with Crippen molar-refractivity contribution < 1.29 is 19.1 Å². The van der Waals surface area contributed by atoms with Gasteiger partial charge in [-0.2, -0.15) is 0 Å². The molecule has 2 N–H and O–H groups in total. The molecule has 0 aliphatic carbocycles. The van der Waals surface area contributed by atoms with E-state index in [1.807, 2.05) is 17.0 Å². The molecule has 0 saturated carbocycles. The molecule has 0 bridgehead atoms. The molecule has 2 atom stereocenters. The fraction of sp³-hybridized carbons (Fsp3) is 0.364. The molecule has 6 nitrogen and oxygen atoms in total. The molecular weight excluding hydrogens is 356 g/mol. The largest absolute Gasteiger partial charge is 0.493 e. The number of nitrogens with zero attached hydrogens (tertiary/aromatic N) is 1. The van der Waals surface area contributed by atoms with Crippen molar-refractivity contribution in [2.75, 3.05) is 20.3 Å². The van der Waals surface area contributed by atoms with Crippen LogP contribution < -0.4 is 15.2 Å². The number of methoxy groups -OCH3 is 1. The lowest BCUT2D eigenvalue weighted by Crippen LogP contribution is -2.34. The van der Waals surface area contributed by atoms with Gasteiger partial charge in [0.2, 0.25) is 0 Å². The number of amides is 2. The summed E-state index contributed by atoms with van der Waals surface area (Å²) in [5, 5.41) is 0. The maximum Gasteiger partial charge on any atom is 0.255 e. The number of rotatable bonds is 6. The molecule has 148 valence electrons. The van der Waals surface area contributed by atoms with Gasteiger partial charge in [0.1, 0.15) is 0 Å². The summed E-state index contributed by atoms with van der Waals surface area (Å²) in [5.74, 6) is 0.499. The maximum absolute atomic E-state index is 13.1. The number of hydrogen-bond donors (Lipinski definition) is 1. The molecule has 0 aromatic heterocycles. The zero-order valence-electron chi connectivity index (χ0n) is 16.5. The van der Waals surface area contributed by atoms with Crippen LogP contribution in [0.4, 0.5) is 0 Å². The first-order valence-corrected chi connectivity index (χ1v) is 9.36. The van der Waals surface area contributed by atoms with Crippen LogP contribution in [0.15, 0.2) is 42.5 Å². The minimum absolute atomic E-state index is 0.0386. The molecule has 1 aliphatic heterocycles. The van der Waals surface area contributed by atoms with Crippen LogP contribution in [0.1, 0.15) is 40.7 Å². The Morgan fingerprint density at radius 3 is 2.61 bits per heavy atom. The smallest absolute Gasteiger partial charge is 0.255 e. The molecular formula is C22H26N2O4. The molecule has 0 radical (unpaired) electrons. The summed E-state index contributed by atoms with van der Waals surface area (Å²) in [6.45, 7) is 4.63. The number of benzene rings is 2. The van der Waals surface area contributed by atoms with Crippen molar-refractivity contribution in [1.29, 1.82) is 0 Å². The van der Waals surface area contributed by atoms with Crippen molar-refractivity contribution in [3.05, 3.63) is 59.2 Å². The molecule has 1 aliphatic rings. The quantitative estimate of drug-likeness (QED) is 0.833. The van der Waals surface area contributed by atoms with Crippen LogP contribution in [0.3, 0.4) is 0 Å². The highest BCUT2D eigenvalue weighted by Gasteiger charge is 2.34. The second-order valence-corrected chi connectivity index (χ2v) is 7.22. The Hall–Kier alpha value is -3.02. The Bertz CT molecular complexity index is 881. The van der Waals surface area contributed by atoms with Crippen molar-refractivity contribution in [2.45, 2.75) is 32.2 Å². The van der Waals surface area contributed by atoms with Gasteiger partial charge in [0, 0.05) is 24.1 Å². The molecule has 0 spiro atoms. The van der Waals surface area contributed by atoms with E-state index in [1.54, 1.807) is 18.2 Å². The highest BCUT2D eigenvalue weighted by Crippen LogP contribution is 2.35. The molecule has 3 rings (SSSR count). The van der Waals surface area contributed by atoms with E-state index in [1.165, 1.54) is 18.2 Å². The van der Waals surface area contributed by atoms with Crippen molar-refractivity contribution in [3.63, 3.8) is 0 Å². The predicted octanol–water partition coefficient (Wildman–Crippen LogP) is 2.89. The number of carbonyl (C=O) groups is 2. The van der Waals surface area contributed by atoms with Crippen molar-refractivity contribution >= 4 is 11.8 Å². The van der Waals surface area contributed by atoms with Gasteiger partial charge in [-0.25, -0.2) is 0 Å². The fourth-order valence-corrected chi connectivity index (χ4v) is 3.82. The lowest BCUT2D eigenvalue weighted by atomic mass is 9.93. The van der Waals surface area contributed by atoms with Crippen molar-refractivity contribution in [2.24, 2.45) is 5.73 Å². The summed E-state index contributed by atoms with van der Waals surface area (Å²) in [6, 6.07) is 13.5. The molecule has 28 heavy (non-hydrogen) atoms. The van der Waals surface area contributed by atoms with E-state index in [0.717, 1.165) is 6.42 Å². The van der Waals surface area contributed by atoms with E-state index >= 15 is 0 Å². The van der Waals surface area contributed by atoms with Crippen LogP contribution in [-0.4, -0.2) is 43.0 Å². The topological polar surface area (TPSA) is 81.9 Å². The Kier molecular flexibility index (Phi) is 5.87. The normalized spacial score (nSPS) is 18.8.